The molecule has 0 aromatic heterocycles. The lowest BCUT2D eigenvalue weighted by atomic mass is 9.96. The molecule has 1 aliphatic heterocycles. The predicted molar refractivity (Wildman–Crippen MR) is 114 cm³/mol. The fourth-order valence-corrected chi connectivity index (χ4v) is 4.48. The van der Waals surface area contributed by atoms with Gasteiger partial charge >= 0.3 is 0 Å². The summed E-state index contributed by atoms with van der Waals surface area (Å²) in [5, 5.41) is 6.04. The number of nitrogens with one attached hydrogen (secondary N) is 2. The fraction of sp³-hybridized carbons (Fsp3) is 0.200. The molecule has 4 nitrogen and oxygen atoms in total. The van der Waals surface area contributed by atoms with Gasteiger partial charge in [-0.2, -0.15) is 0 Å². The van der Waals surface area contributed by atoms with Crippen molar-refractivity contribution in [2.75, 3.05) is 5.32 Å². The average molecular weight is 382 g/mol. The zero-order valence-electron chi connectivity index (χ0n) is 16.0. The smallest absolute Gasteiger partial charge is 0.232 e. The van der Waals surface area contributed by atoms with Gasteiger partial charge in [0.25, 0.3) is 0 Å². The molecule has 3 aromatic rings. The molecular weight excluding hydrogens is 360 g/mol. The number of hydrogen-bond donors (Lipinski definition) is 2. The first kappa shape index (κ1) is 17.7. The fourth-order valence-electron chi connectivity index (χ4n) is 4.48. The molecule has 29 heavy (non-hydrogen) atoms. The first-order valence-corrected chi connectivity index (χ1v) is 10.1. The minimum atomic E-state index is -0.414. The predicted octanol–water partition coefficient (Wildman–Crippen LogP) is 4.58. The molecule has 5 rings (SSSR count). The van der Waals surface area contributed by atoms with Gasteiger partial charge < -0.3 is 10.6 Å². The van der Waals surface area contributed by atoms with Gasteiger partial charge in [-0.15, -0.1) is 0 Å². The zero-order chi connectivity index (χ0) is 19.8. The Kier molecular flexibility index (Phi) is 4.39. The van der Waals surface area contributed by atoms with Crippen molar-refractivity contribution in [3.05, 3.63) is 89.5 Å². The Hall–Kier alpha value is -3.40. The van der Waals surface area contributed by atoms with Gasteiger partial charge in [-0.1, -0.05) is 60.7 Å². The molecule has 2 unspecified atom stereocenters. The highest BCUT2D eigenvalue weighted by molar-refractivity contribution is 6.04. The van der Waals surface area contributed by atoms with E-state index in [1.165, 1.54) is 16.7 Å². The highest BCUT2D eigenvalue weighted by Gasteiger charge is 2.33. The molecule has 1 aliphatic carbocycles. The molecule has 2 amide bonds. The van der Waals surface area contributed by atoms with Crippen LogP contribution in [0.2, 0.25) is 0 Å². The monoisotopic (exact) mass is 382 g/mol. The van der Waals surface area contributed by atoms with Gasteiger partial charge in [0.05, 0.1) is 12.0 Å². The second kappa shape index (κ2) is 7.21. The second-order valence-electron chi connectivity index (χ2n) is 7.77. The maximum absolute atomic E-state index is 12.8. The summed E-state index contributed by atoms with van der Waals surface area (Å²) in [6.45, 7) is 0. The van der Waals surface area contributed by atoms with E-state index in [1.54, 1.807) is 0 Å². The molecule has 0 spiro atoms. The first-order chi connectivity index (χ1) is 14.2. The van der Waals surface area contributed by atoms with E-state index in [2.05, 4.69) is 41.0 Å². The van der Waals surface area contributed by atoms with Crippen LogP contribution in [0.1, 0.15) is 41.5 Å². The zero-order valence-corrected chi connectivity index (χ0v) is 16.0. The summed E-state index contributed by atoms with van der Waals surface area (Å²) >= 11 is 0. The van der Waals surface area contributed by atoms with E-state index in [9.17, 15) is 9.59 Å². The molecule has 2 aliphatic rings. The van der Waals surface area contributed by atoms with Crippen molar-refractivity contribution in [1.29, 1.82) is 0 Å². The van der Waals surface area contributed by atoms with Crippen LogP contribution in [0.25, 0.3) is 11.1 Å². The molecule has 0 saturated carbocycles. The Balaban J connectivity index is 1.33. The number of rotatable bonds is 4. The van der Waals surface area contributed by atoms with Crippen LogP contribution >= 0.6 is 0 Å². The summed E-state index contributed by atoms with van der Waals surface area (Å²) in [6, 6.07) is 24.4. The summed E-state index contributed by atoms with van der Waals surface area (Å²) in [4.78, 5) is 25.1. The van der Waals surface area contributed by atoms with Crippen molar-refractivity contribution in [3.8, 4) is 11.1 Å². The van der Waals surface area contributed by atoms with Gasteiger partial charge in [0.1, 0.15) is 0 Å². The molecule has 144 valence electrons. The molecule has 4 heteroatoms. The van der Waals surface area contributed by atoms with E-state index in [-0.39, 0.29) is 24.3 Å². The van der Waals surface area contributed by atoms with Gasteiger partial charge in [0.15, 0.2) is 0 Å². The Morgan fingerprint density at radius 3 is 2.59 bits per heavy atom. The SMILES string of the molecule is O=C(CC1C(=O)Nc2ccccc21)NC1CCc2ccc(-c3ccccc3)cc21. The number of aryl methyl sites for hydroxylation is 1. The van der Waals surface area contributed by atoms with Gasteiger partial charge in [0.2, 0.25) is 11.8 Å². The van der Waals surface area contributed by atoms with Crippen molar-refractivity contribution >= 4 is 17.5 Å². The Morgan fingerprint density at radius 2 is 1.72 bits per heavy atom. The van der Waals surface area contributed by atoms with Gasteiger partial charge in [-0.3, -0.25) is 9.59 Å². The van der Waals surface area contributed by atoms with Gasteiger partial charge in [0, 0.05) is 12.1 Å². The van der Waals surface area contributed by atoms with Crippen molar-refractivity contribution in [1.82, 2.24) is 5.32 Å². The van der Waals surface area contributed by atoms with Crippen LogP contribution in [-0.2, 0) is 16.0 Å². The van der Waals surface area contributed by atoms with Crippen LogP contribution < -0.4 is 10.6 Å². The third-order valence-corrected chi connectivity index (χ3v) is 5.97. The minimum absolute atomic E-state index is 0.000806. The molecular formula is C25H22N2O2. The third-order valence-electron chi connectivity index (χ3n) is 5.97. The highest BCUT2D eigenvalue weighted by atomic mass is 16.2. The summed E-state index contributed by atoms with van der Waals surface area (Å²) in [7, 11) is 0. The van der Waals surface area contributed by atoms with Crippen LogP contribution in [0, 0.1) is 0 Å². The van der Waals surface area contributed by atoms with Gasteiger partial charge in [-0.25, -0.2) is 0 Å². The number of carbonyl (C=O) groups excluding carboxylic acids is 2. The standard InChI is InChI=1S/C25H22N2O2/c28-24(15-21-19-8-4-5-9-22(19)27-25(21)29)26-23-13-12-17-10-11-18(14-20(17)23)16-6-2-1-3-7-16/h1-11,14,21,23H,12-13,15H2,(H,26,28)(H,27,29). The number of fused-ring (bicyclic) bond motifs is 2. The minimum Gasteiger partial charge on any atom is -0.349 e. The van der Waals surface area contributed by atoms with Crippen molar-refractivity contribution in [2.45, 2.75) is 31.2 Å². The number of amides is 2. The van der Waals surface area contributed by atoms with E-state index >= 15 is 0 Å². The lowest BCUT2D eigenvalue weighted by Gasteiger charge is -2.17. The van der Waals surface area contributed by atoms with Crippen LogP contribution in [0.3, 0.4) is 0 Å². The number of benzene rings is 3. The molecule has 0 fully saturated rings. The maximum atomic E-state index is 12.8. The average Bonchev–Trinajstić information content (AvgIpc) is 3.29. The lowest BCUT2D eigenvalue weighted by molar-refractivity contribution is -0.125. The van der Waals surface area contributed by atoms with Crippen LogP contribution in [-0.4, -0.2) is 11.8 Å². The molecule has 0 saturated heterocycles. The van der Waals surface area contributed by atoms with Crippen LogP contribution in [0.4, 0.5) is 5.69 Å². The first-order valence-electron chi connectivity index (χ1n) is 10.1. The number of anilines is 1. The van der Waals surface area contributed by atoms with Crippen molar-refractivity contribution in [3.63, 3.8) is 0 Å². The van der Waals surface area contributed by atoms with Crippen molar-refractivity contribution < 1.29 is 9.59 Å². The van der Waals surface area contributed by atoms with E-state index in [0.29, 0.717) is 0 Å². The van der Waals surface area contributed by atoms with E-state index in [1.807, 2.05) is 42.5 Å². The third kappa shape index (κ3) is 3.31. The molecule has 3 aromatic carbocycles. The highest BCUT2D eigenvalue weighted by Crippen LogP contribution is 2.36. The topological polar surface area (TPSA) is 58.2 Å². The Bertz CT molecular complexity index is 1090. The summed E-state index contributed by atoms with van der Waals surface area (Å²) < 4.78 is 0. The van der Waals surface area contributed by atoms with E-state index < -0.39 is 5.92 Å². The number of para-hydroxylation sites is 1. The largest absolute Gasteiger partial charge is 0.349 e. The second-order valence-corrected chi connectivity index (χ2v) is 7.77. The van der Waals surface area contributed by atoms with Gasteiger partial charge in [-0.05, 0) is 52.8 Å². The van der Waals surface area contributed by atoms with Crippen molar-refractivity contribution in [2.24, 2.45) is 0 Å². The van der Waals surface area contributed by atoms with E-state index in [0.717, 1.165) is 29.7 Å². The molecule has 1 heterocycles. The molecule has 0 radical (unpaired) electrons. The Morgan fingerprint density at radius 1 is 0.931 bits per heavy atom. The number of carbonyl (C=O) groups is 2. The molecule has 2 atom stereocenters. The maximum Gasteiger partial charge on any atom is 0.232 e. The van der Waals surface area contributed by atoms with E-state index in [4.69, 9.17) is 0 Å². The lowest BCUT2D eigenvalue weighted by Crippen LogP contribution is -2.29. The molecule has 0 bridgehead atoms. The van der Waals surface area contributed by atoms with Crippen LogP contribution in [0.15, 0.2) is 72.8 Å². The Labute approximate surface area is 170 Å². The normalized spacial score (nSPS) is 19.4. The summed E-state index contributed by atoms with van der Waals surface area (Å²) in [5.74, 6) is -0.591. The number of hydrogen-bond acceptors (Lipinski definition) is 2. The summed E-state index contributed by atoms with van der Waals surface area (Å²) in [5.41, 5.74) is 6.54. The van der Waals surface area contributed by atoms with Crippen LogP contribution in [0.5, 0.6) is 0 Å². The molecule has 2 N–H and O–H groups in total. The summed E-state index contributed by atoms with van der Waals surface area (Å²) in [6.07, 6.45) is 2.03. The quantitative estimate of drug-likeness (QED) is 0.694.